The molecular weight excluding hydrogens is 164 g/mol. The normalized spacial score (nSPS) is 18.3. The third kappa shape index (κ3) is 1.75. The van der Waals surface area contributed by atoms with Crippen LogP contribution in [-0.4, -0.2) is 21.4 Å². The minimum absolute atomic E-state index is 0.283. The van der Waals surface area contributed by atoms with E-state index in [9.17, 15) is 5.11 Å². The first-order valence-electron chi connectivity index (χ1n) is 5.00. The Morgan fingerprint density at radius 3 is 3.00 bits per heavy atom. The lowest BCUT2D eigenvalue weighted by molar-refractivity contribution is 0.194. The molecule has 0 aromatic carbocycles. The van der Waals surface area contributed by atoms with Crippen molar-refractivity contribution in [3.05, 3.63) is 17.0 Å². The molecule has 0 radical (unpaired) electrons. The van der Waals surface area contributed by atoms with Crippen LogP contribution in [-0.2, 0) is 19.3 Å². The molecule has 1 atom stereocenters. The number of aliphatic hydroxyl groups excluding tert-OH is 1. The van der Waals surface area contributed by atoms with Gasteiger partial charge in [0, 0.05) is 12.1 Å². The minimum atomic E-state index is -0.283. The molecule has 0 saturated heterocycles. The van der Waals surface area contributed by atoms with Gasteiger partial charge in [0.1, 0.15) is 0 Å². The molecule has 72 valence electrons. The Labute approximate surface area is 78.2 Å². The molecule has 3 nitrogen and oxygen atoms in total. The highest BCUT2D eigenvalue weighted by molar-refractivity contribution is 5.27. The standard InChI is InChI=1S/C10H16N2O/c1-7(13)6-10-8-4-2-3-5-9(8)11-12-10/h7,13H,2-6H2,1H3,(H,11,12)/t7-/m1/s1. The smallest absolute Gasteiger partial charge is 0.0682 e. The van der Waals surface area contributed by atoms with E-state index >= 15 is 0 Å². The molecule has 1 aromatic rings. The average Bonchev–Trinajstić information content (AvgIpc) is 2.48. The van der Waals surface area contributed by atoms with E-state index in [0.29, 0.717) is 6.42 Å². The monoisotopic (exact) mass is 180 g/mol. The third-order valence-corrected chi connectivity index (χ3v) is 2.63. The Kier molecular flexibility index (Phi) is 2.36. The Balaban J connectivity index is 2.21. The van der Waals surface area contributed by atoms with Crippen LogP contribution < -0.4 is 0 Å². The third-order valence-electron chi connectivity index (χ3n) is 2.63. The second-order valence-electron chi connectivity index (χ2n) is 3.89. The molecule has 0 unspecified atom stereocenters. The lowest BCUT2D eigenvalue weighted by Gasteiger charge is -2.11. The van der Waals surface area contributed by atoms with Gasteiger partial charge in [0.2, 0.25) is 0 Å². The largest absolute Gasteiger partial charge is 0.393 e. The van der Waals surface area contributed by atoms with E-state index in [1.165, 1.54) is 24.1 Å². The van der Waals surface area contributed by atoms with Crippen molar-refractivity contribution in [3.8, 4) is 0 Å². The molecule has 3 heteroatoms. The summed E-state index contributed by atoms with van der Waals surface area (Å²) in [7, 11) is 0. The first-order chi connectivity index (χ1) is 6.27. The number of hydrogen-bond acceptors (Lipinski definition) is 2. The summed E-state index contributed by atoms with van der Waals surface area (Å²) in [4.78, 5) is 0. The maximum absolute atomic E-state index is 9.27. The Morgan fingerprint density at radius 1 is 1.46 bits per heavy atom. The molecule has 2 N–H and O–H groups in total. The van der Waals surface area contributed by atoms with Crippen molar-refractivity contribution in [1.29, 1.82) is 0 Å². The summed E-state index contributed by atoms with van der Waals surface area (Å²) >= 11 is 0. The highest BCUT2D eigenvalue weighted by atomic mass is 16.3. The lowest BCUT2D eigenvalue weighted by Crippen LogP contribution is -2.08. The molecule has 0 fully saturated rings. The lowest BCUT2D eigenvalue weighted by atomic mass is 9.94. The molecule has 1 aliphatic carbocycles. The van der Waals surface area contributed by atoms with Gasteiger partial charge in [0.15, 0.2) is 0 Å². The number of aliphatic hydroxyl groups is 1. The van der Waals surface area contributed by atoms with E-state index in [-0.39, 0.29) is 6.10 Å². The minimum Gasteiger partial charge on any atom is -0.393 e. The predicted molar refractivity (Wildman–Crippen MR) is 50.6 cm³/mol. The average molecular weight is 180 g/mol. The Hall–Kier alpha value is -0.830. The van der Waals surface area contributed by atoms with Crippen molar-refractivity contribution in [2.75, 3.05) is 0 Å². The Bertz CT molecular complexity index is 291. The first-order valence-corrected chi connectivity index (χ1v) is 5.00. The number of hydrogen-bond donors (Lipinski definition) is 2. The molecule has 2 rings (SSSR count). The fourth-order valence-corrected chi connectivity index (χ4v) is 2.00. The maximum Gasteiger partial charge on any atom is 0.0682 e. The molecule has 0 aliphatic heterocycles. The highest BCUT2D eigenvalue weighted by Gasteiger charge is 2.17. The van der Waals surface area contributed by atoms with E-state index < -0.39 is 0 Å². The number of aromatic amines is 1. The van der Waals surface area contributed by atoms with Crippen molar-refractivity contribution in [3.63, 3.8) is 0 Å². The number of nitrogens with one attached hydrogen (secondary N) is 1. The summed E-state index contributed by atoms with van der Waals surface area (Å²) in [5.41, 5.74) is 3.73. The van der Waals surface area contributed by atoms with E-state index in [2.05, 4.69) is 10.2 Å². The second-order valence-corrected chi connectivity index (χ2v) is 3.89. The van der Waals surface area contributed by atoms with Gasteiger partial charge < -0.3 is 5.11 Å². The van der Waals surface area contributed by atoms with Crippen LogP contribution in [0.1, 0.15) is 36.7 Å². The van der Waals surface area contributed by atoms with Crippen LogP contribution in [0.25, 0.3) is 0 Å². The van der Waals surface area contributed by atoms with Gasteiger partial charge in [-0.25, -0.2) is 0 Å². The van der Waals surface area contributed by atoms with E-state index in [1.807, 2.05) is 6.92 Å². The van der Waals surface area contributed by atoms with Crippen LogP contribution in [0.15, 0.2) is 0 Å². The number of aryl methyl sites for hydroxylation is 1. The van der Waals surface area contributed by atoms with E-state index in [1.54, 1.807) is 0 Å². The van der Waals surface area contributed by atoms with Crippen molar-refractivity contribution in [2.45, 2.75) is 45.1 Å². The zero-order valence-electron chi connectivity index (χ0n) is 8.01. The van der Waals surface area contributed by atoms with Gasteiger partial charge in [0.05, 0.1) is 11.8 Å². The van der Waals surface area contributed by atoms with Crippen molar-refractivity contribution >= 4 is 0 Å². The number of rotatable bonds is 2. The SMILES string of the molecule is C[C@@H](O)Cc1n[nH]c2c1CCCC2. The Morgan fingerprint density at radius 2 is 2.23 bits per heavy atom. The van der Waals surface area contributed by atoms with Crippen LogP contribution in [0, 0.1) is 0 Å². The van der Waals surface area contributed by atoms with E-state index in [4.69, 9.17) is 0 Å². The molecule has 1 heterocycles. The molecule has 0 saturated carbocycles. The van der Waals surface area contributed by atoms with Crippen molar-refractivity contribution in [2.24, 2.45) is 0 Å². The molecule has 0 bridgehead atoms. The van der Waals surface area contributed by atoms with Crippen LogP contribution in [0.2, 0.25) is 0 Å². The predicted octanol–water partition coefficient (Wildman–Crippen LogP) is 1.21. The fraction of sp³-hybridized carbons (Fsp3) is 0.700. The van der Waals surface area contributed by atoms with Gasteiger partial charge in [-0.1, -0.05) is 0 Å². The van der Waals surface area contributed by atoms with Crippen molar-refractivity contribution < 1.29 is 5.11 Å². The molecule has 0 spiro atoms. The summed E-state index contributed by atoms with van der Waals surface area (Å²) in [5.74, 6) is 0. The van der Waals surface area contributed by atoms with Crippen LogP contribution in [0.5, 0.6) is 0 Å². The first kappa shape index (κ1) is 8.75. The summed E-state index contributed by atoms with van der Waals surface area (Å²) in [5, 5.41) is 16.6. The van der Waals surface area contributed by atoms with Gasteiger partial charge in [0.25, 0.3) is 0 Å². The van der Waals surface area contributed by atoms with Crippen molar-refractivity contribution in [1.82, 2.24) is 10.2 Å². The van der Waals surface area contributed by atoms with Crippen LogP contribution in [0.4, 0.5) is 0 Å². The summed E-state index contributed by atoms with van der Waals surface area (Å²) in [6.45, 7) is 1.81. The number of H-pyrrole nitrogens is 1. The number of aromatic nitrogens is 2. The summed E-state index contributed by atoms with van der Waals surface area (Å²) in [6, 6.07) is 0. The number of fused-ring (bicyclic) bond motifs is 1. The summed E-state index contributed by atoms with van der Waals surface area (Å²) < 4.78 is 0. The zero-order chi connectivity index (χ0) is 9.26. The van der Waals surface area contributed by atoms with Gasteiger partial charge in [-0.05, 0) is 38.2 Å². The zero-order valence-corrected chi connectivity index (χ0v) is 8.01. The van der Waals surface area contributed by atoms with Gasteiger partial charge in [-0.3, -0.25) is 5.10 Å². The topological polar surface area (TPSA) is 48.9 Å². The van der Waals surface area contributed by atoms with Gasteiger partial charge in [-0.15, -0.1) is 0 Å². The molecule has 13 heavy (non-hydrogen) atoms. The molecular formula is C10H16N2O. The van der Waals surface area contributed by atoms with Crippen LogP contribution >= 0.6 is 0 Å². The van der Waals surface area contributed by atoms with Crippen LogP contribution in [0.3, 0.4) is 0 Å². The number of nitrogens with zero attached hydrogens (tertiary/aromatic N) is 1. The fourth-order valence-electron chi connectivity index (χ4n) is 2.00. The highest BCUT2D eigenvalue weighted by Crippen LogP contribution is 2.22. The molecule has 1 aliphatic rings. The molecule has 1 aromatic heterocycles. The quantitative estimate of drug-likeness (QED) is 0.718. The van der Waals surface area contributed by atoms with Gasteiger partial charge in [-0.2, -0.15) is 5.10 Å². The van der Waals surface area contributed by atoms with E-state index in [0.717, 1.165) is 18.5 Å². The summed E-state index contributed by atoms with van der Waals surface area (Å²) in [6.07, 6.45) is 5.19. The second kappa shape index (κ2) is 3.50. The molecule has 0 amide bonds. The van der Waals surface area contributed by atoms with Gasteiger partial charge >= 0.3 is 0 Å². The maximum atomic E-state index is 9.27.